The molecule has 4 nitrogen and oxygen atoms in total. The summed E-state index contributed by atoms with van der Waals surface area (Å²) in [6, 6.07) is 9.78. The molecule has 1 aromatic heterocycles. The zero-order valence-corrected chi connectivity index (χ0v) is 13.0. The van der Waals surface area contributed by atoms with Gasteiger partial charge in [-0.25, -0.2) is 4.68 Å². The Hall–Kier alpha value is -1.33. The highest BCUT2D eigenvalue weighted by atomic mass is 35.5. The van der Waals surface area contributed by atoms with Crippen molar-refractivity contribution in [1.29, 1.82) is 0 Å². The summed E-state index contributed by atoms with van der Waals surface area (Å²) in [5, 5.41) is 8.04. The molecule has 0 aliphatic heterocycles. The minimum atomic E-state index is -0.0817. The number of aromatic nitrogens is 3. The second-order valence-electron chi connectivity index (χ2n) is 4.32. The Bertz CT molecular complexity index is 585. The second-order valence-corrected chi connectivity index (χ2v) is 5.95. The Labute approximate surface area is 127 Å². The van der Waals surface area contributed by atoms with Crippen molar-refractivity contribution in [2.45, 2.75) is 19.9 Å². The van der Waals surface area contributed by atoms with Crippen molar-refractivity contribution in [3.63, 3.8) is 0 Å². The molecule has 0 spiro atoms. The highest BCUT2D eigenvalue weighted by Gasteiger charge is 2.22. The van der Waals surface area contributed by atoms with Crippen molar-refractivity contribution in [3.8, 4) is 0 Å². The molecule has 0 saturated carbocycles. The molecule has 0 N–H and O–H groups in total. The topological polar surface area (TPSA) is 47.8 Å². The van der Waals surface area contributed by atoms with E-state index >= 15 is 0 Å². The molecule has 0 bridgehead atoms. The molecular formula is C14H16ClN3OS. The van der Waals surface area contributed by atoms with Crippen LogP contribution in [0.3, 0.4) is 0 Å². The zero-order chi connectivity index (χ0) is 14.5. The maximum absolute atomic E-state index is 12.2. The molecule has 1 atom stereocenters. The smallest absolute Gasteiger partial charge is 0.193 e. The Morgan fingerprint density at radius 1 is 1.40 bits per heavy atom. The largest absolute Gasteiger partial charge is 0.291 e. The number of hydrogen-bond acceptors (Lipinski definition) is 4. The number of Topliss-reactive ketones (excluding diaryl/α,β-unsaturated/α-hetero) is 1. The van der Waals surface area contributed by atoms with Crippen LogP contribution in [0.4, 0.5) is 0 Å². The molecule has 1 aromatic carbocycles. The van der Waals surface area contributed by atoms with Gasteiger partial charge in [-0.1, -0.05) is 54.1 Å². The van der Waals surface area contributed by atoms with Gasteiger partial charge in [-0.05, 0) is 18.2 Å². The van der Waals surface area contributed by atoms with Crippen molar-refractivity contribution in [2.75, 3.05) is 11.5 Å². The summed E-state index contributed by atoms with van der Waals surface area (Å²) in [5.74, 6) is 1.25. The molecule has 0 fully saturated rings. The van der Waals surface area contributed by atoms with Crippen molar-refractivity contribution in [1.82, 2.24) is 15.0 Å². The standard InChI is InChI=1S/C14H16ClN3OS/c1-3-20-9-12(19)13-14(15)16-17-18(13)10(2)11-7-5-4-6-8-11/h4-8,10H,3,9H2,1-2H3/t10-/m1/s1. The summed E-state index contributed by atoms with van der Waals surface area (Å²) in [6.07, 6.45) is 0. The van der Waals surface area contributed by atoms with Gasteiger partial charge in [0.05, 0.1) is 11.8 Å². The fraction of sp³-hybridized carbons (Fsp3) is 0.357. The van der Waals surface area contributed by atoms with Crippen LogP contribution in [0.5, 0.6) is 0 Å². The van der Waals surface area contributed by atoms with Crippen LogP contribution in [0.15, 0.2) is 30.3 Å². The highest BCUT2D eigenvalue weighted by molar-refractivity contribution is 7.99. The van der Waals surface area contributed by atoms with Gasteiger partial charge in [0.1, 0.15) is 5.69 Å². The summed E-state index contributed by atoms with van der Waals surface area (Å²) in [6.45, 7) is 3.99. The third-order valence-electron chi connectivity index (χ3n) is 3.00. The minimum absolute atomic E-state index is 0.0327. The fourth-order valence-electron chi connectivity index (χ4n) is 1.92. The number of nitrogens with zero attached hydrogens (tertiary/aromatic N) is 3. The predicted molar refractivity (Wildman–Crippen MR) is 82.6 cm³/mol. The van der Waals surface area contributed by atoms with Crippen LogP contribution in [-0.4, -0.2) is 32.3 Å². The van der Waals surface area contributed by atoms with E-state index in [1.807, 2.05) is 44.2 Å². The van der Waals surface area contributed by atoms with E-state index in [2.05, 4.69) is 10.3 Å². The van der Waals surface area contributed by atoms with E-state index in [1.165, 1.54) is 0 Å². The SMILES string of the molecule is CCSCC(=O)c1c(Cl)nnn1[C@H](C)c1ccccc1. The molecule has 0 saturated heterocycles. The van der Waals surface area contributed by atoms with E-state index in [9.17, 15) is 4.79 Å². The molecule has 0 unspecified atom stereocenters. The van der Waals surface area contributed by atoms with Gasteiger partial charge in [-0.3, -0.25) is 4.79 Å². The van der Waals surface area contributed by atoms with E-state index in [1.54, 1.807) is 16.4 Å². The number of halogens is 1. The van der Waals surface area contributed by atoms with Crippen LogP contribution in [0.1, 0.15) is 35.9 Å². The van der Waals surface area contributed by atoms with E-state index < -0.39 is 0 Å². The first kappa shape index (κ1) is 15.1. The molecule has 2 aromatic rings. The van der Waals surface area contributed by atoms with Crippen LogP contribution in [-0.2, 0) is 0 Å². The average Bonchev–Trinajstić information content (AvgIpc) is 2.86. The minimum Gasteiger partial charge on any atom is -0.291 e. The van der Waals surface area contributed by atoms with Gasteiger partial charge in [0, 0.05) is 0 Å². The number of ketones is 1. The third kappa shape index (κ3) is 3.22. The first-order valence-corrected chi connectivity index (χ1v) is 7.95. The van der Waals surface area contributed by atoms with E-state index in [0.29, 0.717) is 11.4 Å². The lowest BCUT2D eigenvalue weighted by atomic mass is 10.1. The summed E-state index contributed by atoms with van der Waals surface area (Å²) in [5.41, 5.74) is 1.45. The van der Waals surface area contributed by atoms with Gasteiger partial charge >= 0.3 is 0 Å². The number of thioether (sulfide) groups is 1. The van der Waals surface area contributed by atoms with E-state index in [4.69, 9.17) is 11.6 Å². The monoisotopic (exact) mass is 309 g/mol. The van der Waals surface area contributed by atoms with Crippen LogP contribution >= 0.6 is 23.4 Å². The predicted octanol–water partition coefficient (Wildman–Crippen LogP) is 3.48. The van der Waals surface area contributed by atoms with Crippen LogP contribution in [0, 0.1) is 0 Å². The van der Waals surface area contributed by atoms with Gasteiger partial charge in [0.2, 0.25) is 0 Å². The molecule has 0 aliphatic carbocycles. The van der Waals surface area contributed by atoms with Crippen molar-refractivity contribution >= 4 is 29.1 Å². The van der Waals surface area contributed by atoms with Crippen molar-refractivity contribution in [2.24, 2.45) is 0 Å². The molecule has 6 heteroatoms. The lowest BCUT2D eigenvalue weighted by Gasteiger charge is -2.14. The third-order valence-corrected chi connectivity index (χ3v) is 4.13. The van der Waals surface area contributed by atoms with Crippen molar-refractivity contribution in [3.05, 3.63) is 46.7 Å². The van der Waals surface area contributed by atoms with Gasteiger partial charge in [-0.15, -0.1) is 5.10 Å². The van der Waals surface area contributed by atoms with Crippen LogP contribution in [0.25, 0.3) is 0 Å². The quantitative estimate of drug-likeness (QED) is 0.767. The molecule has 2 rings (SSSR count). The number of hydrogen-bond donors (Lipinski definition) is 0. The van der Waals surface area contributed by atoms with E-state index in [-0.39, 0.29) is 17.0 Å². The van der Waals surface area contributed by atoms with Crippen LogP contribution < -0.4 is 0 Å². The number of carbonyl (C=O) groups excluding carboxylic acids is 1. The molecule has 106 valence electrons. The Balaban J connectivity index is 2.31. The maximum atomic E-state index is 12.2. The van der Waals surface area contributed by atoms with E-state index in [0.717, 1.165) is 11.3 Å². The molecule has 0 aliphatic rings. The Morgan fingerprint density at radius 3 is 2.75 bits per heavy atom. The molecule has 1 heterocycles. The zero-order valence-electron chi connectivity index (χ0n) is 11.4. The summed E-state index contributed by atoms with van der Waals surface area (Å²) < 4.78 is 1.61. The average molecular weight is 310 g/mol. The molecule has 0 radical (unpaired) electrons. The second kappa shape index (κ2) is 6.90. The number of carbonyl (C=O) groups is 1. The lowest BCUT2D eigenvalue weighted by Crippen LogP contribution is -2.17. The Kier molecular flexibility index (Phi) is 5.20. The number of rotatable bonds is 6. The summed E-state index contributed by atoms with van der Waals surface area (Å²) in [4.78, 5) is 12.2. The molecule has 0 amide bonds. The lowest BCUT2D eigenvalue weighted by molar-refractivity contribution is 0.101. The first-order chi connectivity index (χ1) is 9.65. The summed E-state index contributed by atoms with van der Waals surface area (Å²) in [7, 11) is 0. The van der Waals surface area contributed by atoms with Crippen molar-refractivity contribution < 1.29 is 4.79 Å². The van der Waals surface area contributed by atoms with Gasteiger partial charge in [0.15, 0.2) is 10.9 Å². The summed E-state index contributed by atoms with van der Waals surface area (Å²) >= 11 is 7.59. The Morgan fingerprint density at radius 2 is 2.10 bits per heavy atom. The van der Waals surface area contributed by atoms with Crippen LogP contribution in [0.2, 0.25) is 5.15 Å². The maximum Gasteiger partial charge on any atom is 0.193 e. The molecular weight excluding hydrogens is 294 g/mol. The van der Waals surface area contributed by atoms with Gasteiger partial charge in [0.25, 0.3) is 0 Å². The van der Waals surface area contributed by atoms with Gasteiger partial charge in [-0.2, -0.15) is 11.8 Å². The highest BCUT2D eigenvalue weighted by Crippen LogP contribution is 2.23. The molecule has 20 heavy (non-hydrogen) atoms. The normalized spacial score (nSPS) is 12.3. The fourth-order valence-corrected chi connectivity index (χ4v) is 2.68. The van der Waals surface area contributed by atoms with Gasteiger partial charge < -0.3 is 0 Å². The number of benzene rings is 1. The first-order valence-electron chi connectivity index (χ1n) is 6.41.